The van der Waals surface area contributed by atoms with Crippen LogP contribution in [0.15, 0.2) is 41.1 Å². The van der Waals surface area contributed by atoms with E-state index in [0.29, 0.717) is 11.4 Å². The van der Waals surface area contributed by atoms with Crippen molar-refractivity contribution in [2.75, 3.05) is 12.4 Å². The third-order valence-electron chi connectivity index (χ3n) is 1.99. The molecule has 0 saturated heterocycles. The highest BCUT2D eigenvalue weighted by atomic mass is 16.5. The lowest BCUT2D eigenvalue weighted by molar-refractivity contribution is 0.0988. The number of rotatable bonds is 3. The molecule has 0 fully saturated rings. The maximum absolute atomic E-state index is 11.6. The van der Waals surface area contributed by atoms with E-state index in [1.165, 1.54) is 12.3 Å². The smallest absolute Gasteiger partial charge is 0.294 e. The molecule has 0 saturated carbocycles. The van der Waals surface area contributed by atoms with E-state index >= 15 is 0 Å². The van der Waals surface area contributed by atoms with E-state index in [2.05, 4.69) is 10.5 Å². The molecule has 0 aliphatic rings. The second-order valence-corrected chi connectivity index (χ2v) is 3.06. The van der Waals surface area contributed by atoms with E-state index in [0.717, 1.165) is 0 Å². The van der Waals surface area contributed by atoms with Crippen molar-refractivity contribution < 1.29 is 14.1 Å². The topological polar surface area (TPSA) is 64.4 Å². The molecule has 0 radical (unpaired) electrons. The van der Waals surface area contributed by atoms with Crippen LogP contribution in [0.25, 0.3) is 0 Å². The predicted octanol–water partition coefficient (Wildman–Crippen LogP) is 1.94. The van der Waals surface area contributed by atoms with Crippen LogP contribution in [-0.4, -0.2) is 18.2 Å². The first-order chi connectivity index (χ1) is 7.79. The van der Waals surface area contributed by atoms with Crippen molar-refractivity contribution in [1.29, 1.82) is 0 Å². The van der Waals surface area contributed by atoms with Gasteiger partial charge < -0.3 is 14.6 Å². The van der Waals surface area contributed by atoms with Crippen molar-refractivity contribution in [1.82, 2.24) is 5.16 Å². The summed E-state index contributed by atoms with van der Waals surface area (Å²) in [7, 11) is 1.57. The van der Waals surface area contributed by atoms with Gasteiger partial charge in [-0.3, -0.25) is 4.79 Å². The lowest BCUT2D eigenvalue weighted by atomic mass is 10.3. The number of methoxy groups -OCH3 is 1. The Kier molecular flexibility index (Phi) is 2.86. The van der Waals surface area contributed by atoms with E-state index in [1.54, 1.807) is 31.4 Å². The molecular weight excluding hydrogens is 208 g/mol. The first-order valence-electron chi connectivity index (χ1n) is 4.65. The molecule has 5 heteroatoms. The molecule has 0 bridgehead atoms. The van der Waals surface area contributed by atoms with Gasteiger partial charge in [-0.1, -0.05) is 11.2 Å². The Hall–Kier alpha value is -2.30. The Morgan fingerprint density at radius 3 is 3.00 bits per heavy atom. The van der Waals surface area contributed by atoms with Crippen molar-refractivity contribution in [3.63, 3.8) is 0 Å². The van der Waals surface area contributed by atoms with Gasteiger partial charge in [0.1, 0.15) is 5.75 Å². The Balaban J connectivity index is 2.12. The summed E-state index contributed by atoms with van der Waals surface area (Å²) in [5, 5.41) is 6.12. The summed E-state index contributed by atoms with van der Waals surface area (Å²) in [5.74, 6) is 0.504. The first kappa shape index (κ1) is 10.2. The standard InChI is InChI=1S/C11H10N2O3/c1-15-9-4-2-3-8(7-9)13-11(14)10-5-6-12-16-10/h2-7H,1H3,(H,13,14). The van der Waals surface area contributed by atoms with Crippen molar-refractivity contribution in [2.24, 2.45) is 0 Å². The van der Waals surface area contributed by atoms with Gasteiger partial charge in [0.15, 0.2) is 0 Å². The van der Waals surface area contributed by atoms with Gasteiger partial charge in [-0.25, -0.2) is 0 Å². The molecule has 1 aromatic heterocycles. The van der Waals surface area contributed by atoms with Crippen LogP contribution in [-0.2, 0) is 0 Å². The quantitative estimate of drug-likeness (QED) is 0.854. The summed E-state index contributed by atoms with van der Waals surface area (Å²) in [5.41, 5.74) is 0.640. The van der Waals surface area contributed by atoms with Crippen LogP contribution in [0.2, 0.25) is 0 Å². The number of ether oxygens (including phenoxy) is 1. The molecule has 2 rings (SSSR count). The van der Waals surface area contributed by atoms with Crippen LogP contribution in [0.5, 0.6) is 5.75 Å². The SMILES string of the molecule is COc1cccc(NC(=O)c2ccno2)c1. The minimum absolute atomic E-state index is 0.169. The van der Waals surface area contributed by atoms with E-state index in [4.69, 9.17) is 9.26 Å². The van der Waals surface area contributed by atoms with Gasteiger partial charge in [-0.05, 0) is 12.1 Å². The first-order valence-corrected chi connectivity index (χ1v) is 4.65. The van der Waals surface area contributed by atoms with Crippen molar-refractivity contribution in [2.45, 2.75) is 0 Å². The normalized spacial score (nSPS) is 9.81. The van der Waals surface area contributed by atoms with Gasteiger partial charge in [0.05, 0.1) is 13.3 Å². The average molecular weight is 218 g/mol. The number of amides is 1. The van der Waals surface area contributed by atoms with Crippen LogP contribution in [0.3, 0.4) is 0 Å². The van der Waals surface area contributed by atoms with E-state index in [9.17, 15) is 4.79 Å². The summed E-state index contributed by atoms with van der Waals surface area (Å²) in [4.78, 5) is 11.6. The number of anilines is 1. The molecule has 1 aromatic carbocycles. The Bertz CT molecular complexity index is 480. The molecule has 5 nitrogen and oxygen atoms in total. The summed E-state index contributed by atoms with van der Waals surface area (Å²) in [6.45, 7) is 0. The Morgan fingerprint density at radius 2 is 2.31 bits per heavy atom. The summed E-state index contributed by atoms with van der Waals surface area (Å²) >= 11 is 0. The highest BCUT2D eigenvalue weighted by molar-refractivity contribution is 6.02. The number of carbonyl (C=O) groups excluding carboxylic acids is 1. The van der Waals surface area contributed by atoms with Crippen LogP contribution in [0.4, 0.5) is 5.69 Å². The molecule has 2 aromatic rings. The third-order valence-corrected chi connectivity index (χ3v) is 1.99. The third kappa shape index (κ3) is 2.20. The number of aromatic nitrogens is 1. The van der Waals surface area contributed by atoms with Gasteiger partial charge in [0.25, 0.3) is 5.91 Å². The van der Waals surface area contributed by atoms with Crippen LogP contribution >= 0.6 is 0 Å². The lowest BCUT2D eigenvalue weighted by Crippen LogP contribution is -2.10. The van der Waals surface area contributed by atoms with Crippen molar-refractivity contribution >= 4 is 11.6 Å². The number of nitrogens with zero attached hydrogens (tertiary/aromatic N) is 1. The van der Waals surface area contributed by atoms with Crippen molar-refractivity contribution in [3.8, 4) is 5.75 Å². The summed E-state index contributed by atoms with van der Waals surface area (Å²) < 4.78 is 9.77. The molecule has 0 atom stereocenters. The Morgan fingerprint density at radius 1 is 1.44 bits per heavy atom. The minimum atomic E-state index is -0.342. The summed E-state index contributed by atoms with van der Waals surface area (Å²) in [6.07, 6.45) is 1.42. The average Bonchev–Trinajstić information content (AvgIpc) is 2.83. The number of carbonyl (C=O) groups is 1. The highest BCUT2D eigenvalue weighted by Gasteiger charge is 2.09. The van der Waals surface area contributed by atoms with Gasteiger partial charge in [0, 0.05) is 17.8 Å². The second-order valence-electron chi connectivity index (χ2n) is 3.06. The lowest BCUT2D eigenvalue weighted by Gasteiger charge is -2.04. The van der Waals surface area contributed by atoms with E-state index in [1.807, 2.05) is 0 Å². The molecule has 0 aliphatic carbocycles. The minimum Gasteiger partial charge on any atom is -0.497 e. The maximum Gasteiger partial charge on any atom is 0.294 e. The molecule has 1 amide bonds. The summed E-state index contributed by atoms with van der Waals surface area (Å²) in [6, 6.07) is 8.56. The molecule has 1 N–H and O–H groups in total. The number of benzene rings is 1. The molecule has 0 unspecified atom stereocenters. The van der Waals surface area contributed by atoms with Crippen LogP contribution < -0.4 is 10.1 Å². The zero-order chi connectivity index (χ0) is 11.4. The van der Waals surface area contributed by atoms with Gasteiger partial charge in [0.2, 0.25) is 5.76 Å². The molecule has 82 valence electrons. The van der Waals surface area contributed by atoms with Crippen LogP contribution in [0.1, 0.15) is 10.6 Å². The second kappa shape index (κ2) is 4.48. The molecule has 0 spiro atoms. The van der Waals surface area contributed by atoms with Gasteiger partial charge >= 0.3 is 0 Å². The zero-order valence-electron chi connectivity index (χ0n) is 8.64. The molecule has 1 heterocycles. The van der Waals surface area contributed by atoms with Gasteiger partial charge in [-0.2, -0.15) is 0 Å². The Labute approximate surface area is 92.0 Å². The van der Waals surface area contributed by atoms with Gasteiger partial charge in [-0.15, -0.1) is 0 Å². The number of hydrogen-bond donors (Lipinski definition) is 1. The highest BCUT2D eigenvalue weighted by Crippen LogP contribution is 2.17. The van der Waals surface area contributed by atoms with E-state index < -0.39 is 0 Å². The van der Waals surface area contributed by atoms with Crippen LogP contribution in [0, 0.1) is 0 Å². The molecule has 0 aliphatic heterocycles. The number of hydrogen-bond acceptors (Lipinski definition) is 4. The molecular formula is C11H10N2O3. The zero-order valence-corrected chi connectivity index (χ0v) is 8.64. The number of nitrogens with one attached hydrogen (secondary N) is 1. The fourth-order valence-electron chi connectivity index (χ4n) is 1.23. The fraction of sp³-hybridized carbons (Fsp3) is 0.0909. The monoisotopic (exact) mass is 218 g/mol. The van der Waals surface area contributed by atoms with E-state index in [-0.39, 0.29) is 11.7 Å². The fourth-order valence-corrected chi connectivity index (χ4v) is 1.23. The maximum atomic E-state index is 11.6. The molecule has 16 heavy (non-hydrogen) atoms. The predicted molar refractivity (Wildman–Crippen MR) is 57.5 cm³/mol. The largest absolute Gasteiger partial charge is 0.497 e. The van der Waals surface area contributed by atoms with Crippen molar-refractivity contribution in [3.05, 3.63) is 42.3 Å².